The molecule has 0 radical (unpaired) electrons. The van der Waals surface area contributed by atoms with Gasteiger partial charge in [0.15, 0.2) is 0 Å². The molecule has 0 bridgehead atoms. The third-order valence-corrected chi connectivity index (χ3v) is 4.46. The van der Waals surface area contributed by atoms with Gasteiger partial charge in [0.25, 0.3) is 0 Å². The second-order valence-corrected chi connectivity index (χ2v) is 6.45. The number of carboxylic acid groups (broad SMARTS) is 1. The smallest absolute Gasteiger partial charge is 0.404 e. The zero-order valence-corrected chi connectivity index (χ0v) is 15.3. The van der Waals surface area contributed by atoms with Gasteiger partial charge in [-0.2, -0.15) is 0 Å². The predicted molar refractivity (Wildman–Crippen MR) is 108 cm³/mol. The SMILES string of the molecule is O=C(O)NCc1ccc(CNC(=O)C(c2ccccc2)c2ccccc2)cc1. The average molecular weight is 374 g/mol. The first-order valence-electron chi connectivity index (χ1n) is 9.05. The molecule has 0 spiro atoms. The Kier molecular flexibility index (Phi) is 6.41. The number of benzene rings is 3. The molecule has 3 rings (SSSR count). The van der Waals surface area contributed by atoms with Crippen LogP contribution in [0, 0.1) is 0 Å². The summed E-state index contributed by atoms with van der Waals surface area (Å²) in [7, 11) is 0. The third-order valence-electron chi connectivity index (χ3n) is 4.46. The van der Waals surface area contributed by atoms with E-state index in [1.54, 1.807) is 0 Å². The van der Waals surface area contributed by atoms with Crippen molar-refractivity contribution in [2.45, 2.75) is 19.0 Å². The van der Waals surface area contributed by atoms with E-state index < -0.39 is 6.09 Å². The molecule has 142 valence electrons. The van der Waals surface area contributed by atoms with Crippen LogP contribution in [0.25, 0.3) is 0 Å². The van der Waals surface area contributed by atoms with Crippen LogP contribution in [-0.2, 0) is 17.9 Å². The van der Waals surface area contributed by atoms with Crippen molar-refractivity contribution in [3.8, 4) is 0 Å². The van der Waals surface area contributed by atoms with E-state index in [2.05, 4.69) is 10.6 Å². The lowest BCUT2D eigenvalue weighted by Crippen LogP contribution is -2.29. The molecule has 0 aromatic heterocycles. The number of amides is 2. The highest BCUT2D eigenvalue weighted by Gasteiger charge is 2.22. The molecule has 0 aliphatic carbocycles. The highest BCUT2D eigenvalue weighted by atomic mass is 16.4. The summed E-state index contributed by atoms with van der Waals surface area (Å²) >= 11 is 0. The van der Waals surface area contributed by atoms with Crippen LogP contribution in [0.15, 0.2) is 84.9 Å². The Morgan fingerprint density at radius 2 is 1.11 bits per heavy atom. The van der Waals surface area contributed by atoms with E-state index >= 15 is 0 Å². The molecule has 3 aromatic rings. The van der Waals surface area contributed by atoms with Crippen molar-refractivity contribution >= 4 is 12.0 Å². The van der Waals surface area contributed by atoms with E-state index in [9.17, 15) is 9.59 Å². The van der Waals surface area contributed by atoms with Gasteiger partial charge in [-0.25, -0.2) is 4.79 Å². The lowest BCUT2D eigenvalue weighted by Gasteiger charge is -2.18. The van der Waals surface area contributed by atoms with Gasteiger partial charge in [0, 0.05) is 13.1 Å². The number of hydrogen-bond acceptors (Lipinski definition) is 2. The highest BCUT2D eigenvalue weighted by Crippen LogP contribution is 2.24. The molecule has 0 saturated carbocycles. The van der Waals surface area contributed by atoms with E-state index in [1.165, 1.54) is 0 Å². The molecule has 28 heavy (non-hydrogen) atoms. The number of rotatable bonds is 7. The van der Waals surface area contributed by atoms with Gasteiger partial charge >= 0.3 is 6.09 Å². The van der Waals surface area contributed by atoms with Crippen LogP contribution in [0.4, 0.5) is 4.79 Å². The molecule has 5 nitrogen and oxygen atoms in total. The van der Waals surface area contributed by atoms with Crippen LogP contribution in [0.2, 0.25) is 0 Å². The van der Waals surface area contributed by atoms with Gasteiger partial charge in [0.05, 0.1) is 5.92 Å². The standard InChI is InChI=1S/C23H22N2O3/c26-22(24-15-17-11-13-18(14-12-17)16-25-23(27)28)21(19-7-3-1-4-8-19)20-9-5-2-6-10-20/h1-14,21,25H,15-16H2,(H,24,26)(H,27,28). The minimum absolute atomic E-state index is 0.0611. The zero-order chi connectivity index (χ0) is 19.8. The van der Waals surface area contributed by atoms with Gasteiger partial charge in [-0.1, -0.05) is 84.9 Å². The Morgan fingerprint density at radius 3 is 1.54 bits per heavy atom. The second-order valence-electron chi connectivity index (χ2n) is 6.45. The van der Waals surface area contributed by atoms with Crippen molar-refractivity contribution in [1.82, 2.24) is 10.6 Å². The molecule has 0 unspecified atom stereocenters. The maximum Gasteiger partial charge on any atom is 0.404 e. The summed E-state index contributed by atoms with van der Waals surface area (Å²) < 4.78 is 0. The van der Waals surface area contributed by atoms with Crippen LogP contribution in [0.3, 0.4) is 0 Å². The van der Waals surface area contributed by atoms with Crippen molar-refractivity contribution in [3.05, 3.63) is 107 Å². The molecule has 0 aliphatic rings. The number of hydrogen-bond donors (Lipinski definition) is 3. The molecule has 0 heterocycles. The van der Waals surface area contributed by atoms with E-state index in [-0.39, 0.29) is 18.4 Å². The van der Waals surface area contributed by atoms with Crippen LogP contribution in [0.1, 0.15) is 28.2 Å². The molecule has 0 saturated heterocycles. The Hall–Kier alpha value is -3.60. The summed E-state index contributed by atoms with van der Waals surface area (Å²) in [5, 5.41) is 14.0. The van der Waals surface area contributed by atoms with Gasteiger partial charge in [-0.05, 0) is 22.3 Å². The van der Waals surface area contributed by atoms with E-state index in [4.69, 9.17) is 5.11 Å². The fraction of sp³-hybridized carbons (Fsp3) is 0.130. The molecule has 5 heteroatoms. The first-order valence-corrected chi connectivity index (χ1v) is 9.05. The topological polar surface area (TPSA) is 78.4 Å². The Morgan fingerprint density at radius 1 is 0.679 bits per heavy atom. The molecule has 2 amide bonds. The summed E-state index contributed by atoms with van der Waals surface area (Å²) in [6.45, 7) is 0.660. The highest BCUT2D eigenvalue weighted by molar-refractivity contribution is 5.87. The molecular weight excluding hydrogens is 352 g/mol. The lowest BCUT2D eigenvalue weighted by atomic mass is 9.90. The van der Waals surface area contributed by atoms with Crippen LogP contribution >= 0.6 is 0 Å². The number of carbonyl (C=O) groups excluding carboxylic acids is 1. The maximum absolute atomic E-state index is 13.0. The van der Waals surface area contributed by atoms with E-state index in [0.29, 0.717) is 6.54 Å². The zero-order valence-electron chi connectivity index (χ0n) is 15.3. The van der Waals surface area contributed by atoms with Crippen molar-refractivity contribution in [2.75, 3.05) is 0 Å². The number of carbonyl (C=O) groups is 2. The largest absolute Gasteiger partial charge is 0.465 e. The molecule has 0 fully saturated rings. The monoisotopic (exact) mass is 374 g/mol. The Bertz CT molecular complexity index is 870. The minimum Gasteiger partial charge on any atom is -0.465 e. The summed E-state index contributed by atoms with van der Waals surface area (Å²) in [5.41, 5.74) is 3.71. The van der Waals surface area contributed by atoms with Gasteiger partial charge in [0.2, 0.25) is 5.91 Å². The van der Waals surface area contributed by atoms with Crippen molar-refractivity contribution in [1.29, 1.82) is 0 Å². The van der Waals surface area contributed by atoms with Crippen LogP contribution in [0.5, 0.6) is 0 Å². The van der Waals surface area contributed by atoms with Crippen molar-refractivity contribution < 1.29 is 14.7 Å². The van der Waals surface area contributed by atoms with Gasteiger partial charge in [0.1, 0.15) is 0 Å². The summed E-state index contributed by atoms with van der Waals surface area (Å²) in [6.07, 6.45) is -1.05. The first-order chi connectivity index (χ1) is 13.6. The van der Waals surface area contributed by atoms with E-state index in [0.717, 1.165) is 22.3 Å². The third kappa shape index (κ3) is 5.20. The normalized spacial score (nSPS) is 10.5. The molecular formula is C23H22N2O3. The summed E-state index contributed by atoms with van der Waals surface area (Å²) in [4.78, 5) is 23.5. The summed E-state index contributed by atoms with van der Waals surface area (Å²) in [6, 6.07) is 26.9. The Labute approximate surface area is 164 Å². The molecule has 3 N–H and O–H groups in total. The quantitative estimate of drug-likeness (QED) is 0.587. The Balaban J connectivity index is 1.68. The lowest BCUT2D eigenvalue weighted by molar-refractivity contribution is -0.121. The predicted octanol–water partition coefficient (Wildman–Crippen LogP) is 3.90. The number of nitrogens with one attached hydrogen (secondary N) is 2. The first kappa shape index (κ1) is 19.2. The minimum atomic E-state index is -1.05. The molecule has 0 atom stereocenters. The second kappa shape index (κ2) is 9.37. The molecule has 3 aromatic carbocycles. The van der Waals surface area contributed by atoms with Gasteiger partial charge in [-0.15, -0.1) is 0 Å². The van der Waals surface area contributed by atoms with Gasteiger partial charge < -0.3 is 15.7 Å². The van der Waals surface area contributed by atoms with Crippen molar-refractivity contribution in [3.63, 3.8) is 0 Å². The van der Waals surface area contributed by atoms with Gasteiger partial charge in [-0.3, -0.25) is 4.79 Å². The fourth-order valence-corrected chi connectivity index (χ4v) is 3.03. The average Bonchev–Trinajstić information content (AvgIpc) is 2.73. The molecule has 0 aliphatic heterocycles. The van der Waals surface area contributed by atoms with Crippen LogP contribution in [-0.4, -0.2) is 17.1 Å². The van der Waals surface area contributed by atoms with Crippen molar-refractivity contribution in [2.24, 2.45) is 0 Å². The fourth-order valence-electron chi connectivity index (χ4n) is 3.03. The van der Waals surface area contributed by atoms with Crippen LogP contribution < -0.4 is 10.6 Å². The maximum atomic E-state index is 13.0. The van der Waals surface area contributed by atoms with E-state index in [1.807, 2.05) is 84.9 Å². The summed E-state index contributed by atoms with van der Waals surface area (Å²) in [5.74, 6) is -0.435.